The summed E-state index contributed by atoms with van der Waals surface area (Å²) in [6.07, 6.45) is 4.66. The zero-order valence-corrected chi connectivity index (χ0v) is 6.65. The maximum absolute atomic E-state index is 5.20. The molecule has 1 heterocycles. The lowest BCUT2D eigenvalue weighted by Gasteiger charge is -1.96. The molecule has 0 aromatic carbocycles. The number of aromatic nitrogens is 2. The van der Waals surface area contributed by atoms with Crippen LogP contribution in [0, 0.1) is 6.33 Å². The maximum Gasteiger partial charge on any atom is 0.293 e. The van der Waals surface area contributed by atoms with Gasteiger partial charge in [0.25, 0.3) is 5.19 Å². The summed E-state index contributed by atoms with van der Waals surface area (Å²) in [5.74, 6) is 0. The molecule has 0 N–H and O–H groups in total. The second kappa shape index (κ2) is 4.22. The van der Waals surface area contributed by atoms with E-state index in [1.807, 2.05) is 0 Å². The third-order valence-electron chi connectivity index (χ3n) is 1.03. The van der Waals surface area contributed by atoms with Crippen LogP contribution in [-0.2, 0) is 0 Å². The van der Waals surface area contributed by atoms with E-state index in [1.165, 1.54) is 11.5 Å². The van der Waals surface area contributed by atoms with E-state index in [0.717, 1.165) is 19.4 Å². The maximum atomic E-state index is 5.20. The molecule has 55 valence electrons. The van der Waals surface area contributed by atoms with Crippen molar-refractivity contribution in [2.45, 2.75) is 19.8 Å². The van der Waals surface area contributed by atoms with E-state index in [1.54, 1.807) is 0 Å². The third-order valence-corrected chi connectivity index (χ3v) is 1.57. The van der Waals surface area contributed by atoms with Gasteiger partial charge >= 0.3 is 0 Å². The molecular weight excluding hydrogens is 148 g/mol. The summed E-state index contributed by atoms with van der Waals surface area (Å²) in [6.45, 7) is 2.86. The predicted molar refractivity (Wildman–Crippen MR) is 39.1 cm³/mol. The van der Waals surface area contributed by atoms with Crippen LogP contribution in [0.4, 0.5) is 0 Å². The molecule has 0 amide bonds. The van der Waals surface area contributed by atoms with Crippen LogP contribution in [0.3, 0.4) is 0 Å². The average molecular weight is 157 g/mol. The Morgan fingerprint density at radius 2 is 2.60 bits per heavy atom. The van der Waals surface area contributed by atoms with Crippen molar-refractivity contribution in [2.75, 3.05) is 6.61 Å². The summed E-state index contributed by atoms with van der Waals surface area (Å²) < 4.78 is 8.88. The van der Waals surface area contributed by atoms with Gasteiger partial charge in [0.05, 0.1) is 6.61 Å². The molecule has 3 nitrogen and oxygen atoms in total. The smallest absolute Gasteiger partial charge is 0.293 e. The van der Waals surface area contributed by atoms with Crippen molar-refractivity contribution in [3.8, 4) is 5.19 Å². The van der Waals surface area contributed by atoms with Gasteiger partial charge in [-0.2, -0.15) is 9.36 Å². The van der Waals surface area contributed by atoms with E-state index in [2.05, 4.69) is 22.6 Å². The van der Waals surface area contributed by atoms with Crippen molar-refractivity contribution in [1.82, 2.24) is 9.36 Å². The molecule has 0 spiro atoms. The zero-order chi connectivity index (χ0) is 7.23. The van der Waals surface area contributed by atoms with Crippen molar-refractivity contribution < 1.29 is 4.74 Å². The molecule has 0 aliphatic heterocycles. The van der Waals surface area contributed by atoms with Gasteiger partial charge in [-0.1, -0.05) is 13.3 Å². The van der Waals surface area contributed by atoms with Gasteiger partial charge in [-0.05, 0) is 6.42 Å². The molecule has 1 rings (SSSR count). The lowest BCUT2D eigenvalue weighted by atomic mass is 10.4. The first-order valence-electron chi connectivity index (χ1n) is 3.26. The number of hydrogen-bond donors (Lipinski definition) is 0. The number of rotatable bonds is 4. The molecule has 0 fully saturated rings. The van der Waals surface area contributed by atoms with Gasteiger partial charge in [0.15, 0.2) is 0 Å². The van der Waals surface area contributed by atoms with Crippen LogP contribution in [0.25, 0.3) is 0 Å². The minimum atomic E-state index is 0.619. The summed E-state index contributed by atoms with van der Waals surface area (Å²) in [6, 6.07) is 0. The highest BCUT2D eigenvalue weighted by Crippen LogP contribution is 2.09. The molecule has 10 heavy (non-hydrogen) atoms. The molecule has 1 aromatic rings. The van der Waals surface area contributed by atoms with Gasteiger partial charge in [0.2, 0.25) is 6.33 Å². The standard InChI is InChI=1S/C6H9N2OS/c1-2-3-4-9-6-7-5-8-10-6/h2-4H2,1H3. The van der Waals surface area contributed by atoms with E-state index < -0.39 is 0 Å². The molecule has 1 aromatic heterocycles. The molecule has 0 bridgehead atoms. The third kappa shape index (κ3) is 2.31. The van der Waals surface area contributed by atoms with Crippen LogP contribution in [0.15, 0.2) is 0 Å². The highest BCUT2D eigenvalue weighted by molar-refractivity contribution is 7.07. The fourth-order valence-electron chi connectivity index (χ4n) is 0.504. The van der Waals surface area contributed by atoms with Crippen LogP contribution < -0.4 is 4.74 Å². The predicted octanol–water partition coefficient (Wildman–Crippen LogP) is 1.52. The number of unbranched alkanes of at least 4 members (excludes halogenated alkanes) is 1. The van der Waals surface area contributed by atoms with Gasteiger partial charge in [-0.15, -0.1) is 0 Å². The first-order chi connectivity index (χ1) is 4.93. The van der Waals surface area contributed by atoms with Gasteiger partial charge < -0.3 is 4.74 Å². The number of hydrogen-bond acceptors (Lipinski definition) is 4. The highest BCUT2D eigenvalue weighted by Gasteiger charge is 1.94. The first-order valence-corrected chi connectivity index (χ1v) is 4.03. The first kappa shape index (κ1) is 7.47. The molecule has 0 saturated heterocycles. The van der Waals surface area contributed by atoms with Crippen molar-refractivity contribution in [1.29, 1.82) is 0 Å². The summed E-state index contributed by atoms with van der Waals surface area (Å²) in [7, 11) is 0. The Labute approximate surface area is 64.2 Å². The van der Waals surface area contributed by atoms with Crippen LogP contribution in [0.5, 0.6) is 5.19 Å². The van der Waals surface area contributed by atoms with E-state index in [9.17, 15) is 0 Å². The van der Waals surface area contributed by atoms with Gasteiger partial charge in [0, 0.05) is 11.5 Å². The van der Waals surface area contributed by atoms with Gasteiger partial charge in [0.1, 0.15) is 0 Å². The zero-order valence-electron chi connectivity index (χ0n) is 5.83. The highest BCUT2D eigenvalue weighted by atomic mass is 32.1. The fraction of sp³-hybridized carbons (Fsp3) is 0.667. The van der Waals surface area contributed by atoms with Crippen LogP contribution in [0.2, 0.25) is 0 Å². The largest absolute Gasteiger partial charge is 0.469 e. The van der Waals surface area contributed by atoms with E-state index in [4.69, 9.17) is 4.74 Å². The molecule has 1 radical (unpaired) electrons. The second-order valence-corrected chi connectivity index (χ2v) is 2.58. The van der Waals surface area contributed by atoms with Crippen LogP contribution in [0.1, 0.15) is 19.8 Å². The molecule has 4 heteroatoms. The Kier molecular flexibility index (Phi) is 3.15. The van der Waals surface area contributed by atoms with Crippen molar-refractivity contribution >= 4 is 11.5 Å². The lowest BCUT2D eigenvalue weighted by Crippen LogP contribution is -1.94. The van der Waals surface area contributed by atoms with Crippen LogP contribution >= 0.6 is 11.5 Å². The van der Waals surface area contributed by atoms with Crippen LogP contribution in [-0.4, -0.2) is 16.0 Å². The second-order valence-electron chi connectivity index (χ2n) is 1.86. The van der Waals surface area contributed by atoms with E-state index in [0.29, 0.717) is 5.19 Å². The summed E-state index contributed by atoms with van der Waals surface area (Å²) >= 11 is 1.23. The van der Waals surface area contributed by atoms with Gasteiger partial charge in [-0.25, -0.2) is 0 Å². The topological polar surface area (TPSA) is 35.0 Å². The summed E-state index contributed by atoms with van der Waals surface area (Å²) in [4.78, 5) is 3.75. The normalized spacial score (nSPS) is 9.70. The molecule has 0 aliphatic rings. The minimum absolute atomic E-state index is 0.619. The molecule has 0 aliphatic carbocycles. The van der Waals surface area contributed by atoms with E-state index >= 15 is 0 Å². The Morgan fingerprint density at radius 3 is 3.20 bits per heavy atom. The average Bonchev–Trinajstić information content (AvgIpc) is 2.41. The minimum Gasteiger partial charge on any atom is -0.469 e. The number of nitrogens with zero attached hydrogens (tertiary/aromatic N) is 2. The molecule has 0 atom stereocenters. The Bertz CT molecular complexity index is 164. The molecule has 0 unspecified atom stereocenters. The van der Waals surface area contributed by atoms with Crippen molar-refractivity contribution in [3.05, 3.63) is 6.33 Å². The Morgan fingerprint density at radius 1 is 1.70 bits per heavy atom. The summed E-state index contributed by atoms with van der Waals surface area (Å²) in [5.41, 5.74) is 0. The lowest BCUT2D eigenvalue weighted by molar-refractivity contribution is 0.307. The Hall–Kier alpha value is -0.640. The molecular formula is C6H9N2OS. The van der Waals surface area contributed by atoms with Gasteiger partial charge in [-0.3, -0.25) is 0 Å². The van der Waals surface area contributed by atoms with Crippen molar-refractivity contribution in [2.24, 2.45) is 0 Å². The summed E-state index contributed by atoms with van der Waals surface area (Å²) in [5, 5.41) is 0.619. The molecule has 0 saturated carbocycles. The number of ether oxygens (including phenoxy) is 1. The van der Waals surface area contributed by atoms with Crippen molar-refractivity contribution in [3.63, 3.8) is 0 Å². The SMILES string of the molecule is CCCCOc1n[c]ns1. The fourth-order valence-corrected chi connectivity index (χ4v) is 0.881. The Balaban J connectivity index is 2.15. The monoisotopic (exact) mass is 157 g/mol. The van der Waals surface area contributed by atoms with E-state index in [-0.39, 0.29) is 0 Å². The quantitative estimate of drug-likeness (QED) is 0.621.